The molecular formula is C20H19F2N5O4. The Morgan fingerprint density at radius 3 is 2.81 bits per heavy atom. The molecule has 162 valence electrons. The molecule has 1 amide bonds. The number of alkyl halides is 2. The summed E-state index contributed by atoms with van der Waals surface area (Å²) in [5.41, 5.74) is 6.93. The van der Waals surface area contributed by atoms with E-state index in [1.807, 2.05) is 23.1 Å². The van der Waals surface area contributed by atoms with Crippen LogP contribution in [0.25, 0.3) is 11.4 Å². The third-order valence-electron chi connectivity index (χ3n) is 5.81. The molecular weight excluding hydrogens is 412 g/mol. The summed E-state index contributed by atoms with van der Waals surface area (Å²) in [6.07, 6.45) is -0.418. The fraction of sp³-hybridized carbons (Fsp3) is 0.400. The zero-order valence-corrected chi connectivity index (χ0v) is 16.3. The van der Waals surface area contributed by atoms with Gasteiger partial charge >= 0.3 is 0 Å². The molecule has 2 atom stereocenters. The maximum atomic E-state index is 13.5. The van der Waals surface area contributed by atoms with Gasteiger partial charge in [-0.05, 0) is 18.6 Å². The highest BCUT2D eigenvalue weighted by molar-refractivity contribution is 5.86. The number of carbonyl (C=O) groups is 1. The van der Waals surface area contributed by atoms with E-state index in [1.54, 1.807) is 16.7 Å². The molecule has 2 saturated heterocycles. The van der Waals surface area contributed by atoms with Crippen LogP contribution in [0.3, 0.4) is 0 Å². The summed E-state index contributed by atoms with van der Waals surface area (Å²) in [4.78, 5) is 30.3. The van der Waals surface area contributed by atoms with Gasteiger partial charge in [0, 0.05) is 24.5 Å². The number of imidazole rings is 1. The van der Waals surface area contributed by atoms with E-state index in [9.17, 15) is 18.4 Å². The van der Waals surface area contributed by atoms with Gasteiger partial charge in [0.1, 0.15) is 36.9 Å². The van der Waals surface area contributed by atoms with E-state index in [0.717, 1.165) is 17.1 Å². The van der Waals surface area contributed by atoms with Crippen LogP contribution in [0.5, 0.6) is 5.75 Å². The molecule has 3 aliphatic heterocycles. The van der Waals surface area contributed by atoms with E-state index in [1.165, 1.54) is 0 Å². The predicted molar refractivity (Wildman–Crippen MR) is 106 cm³/mol. The van der Waals surface area contributed by atoms with E-state index in [-0.39, 0.29) is 30.3 Å². The minimum Gasteiger partial charge on any atom is -0.491 e. The molecule has 1 aromatic carbocycles. The van der Waals surface area contributed by atoms with Crippen LogP contribution in [-0.2, 0) is 20.9 Å². The lowest BCUT2D eigenvalue weighted by Crippen LogP contribution is -2.55. The Hall–Kier alpha value is -3.59. The molecule has 11 heteroatoms. The van der Waals surface area contributed by atoms with Crippen molar-refractivity contribution >= 4 is 23.4 Å². The van der Waals surface area contributed by atoms with Crippen LogP contribution in [0.4, 0.5) is 20.3 Å². The SMILES string of the molecule is NC(=O)[C@@H]1CCN1c1ccc2c(c1)OCCn1cc(N3C(=C=O)OC[C@H]3C(F)F)nc1-2. The standard InChI is InChI=1S/C20H19F2N5O4/c21-18(22)14-10-31-17(9-28)27(14)16-8-25-5-6-30-15-7-11(1-2-12(15)20(25)24-16)26-4-3-13(26)19(23)29/h1-2,7-8,13-14,18H,3-6,10H2,(H2,23,29)/t13-,14-/m0/s1. The molecule has 0 radical (unpaired) electrons. The van der Waals surface area contributed by atoms with Crippen molar-refractivity contribution in [1.82, 2.24) is 9.55 Å². The number of fused-ring (bicyclic) bond motifs is 3. The summed E-state index contributed by atoms with van der Waals surface area (Å²) in [7, 11) is 0. The highest BCUT2D eigenvalue weighted by Crippen LogP contribution is 2.39. The molecule has 9 nitrogen and oxygen atoms in total. The second-order valence-electron chi connectivity index (χ2n) is 7.54. The Morgan fingerprint density at radius 1 is 1.29 bits per heavy atom. The summed E-state index contributed by atoms with van der Waals surface area (Å²) < 4.78 is 39.7. The van der Waals surface area contributed by atoms with Crippen molar-refractivity contribution in [3.05, 3.63) is 30.3 Å². The largest absolute Gasteiger partial charge is 0.491 e. The number of ether oxygens (including phenoxy) is 2. The molecule has 0 bridgehead atoms. The van der Waals surface area contributed by atoms with Gasteiger partial charge in [-0.1, -0.05) is 0 Å². The average molecular weight is 431 g/mol. The van der Waals surface area contributed by atoms with Gasteiger partial charge in [-0.2, -0.15) is 0 Å². The Bertz CT molecular complexity index is 1100. The normalized spacial score (nSPS) is 22.1. The number of hydrogen-bond donors (Lipinski definition) is 1. The smallest absolute Gasteiger partial charge is 0.284 e. The van der Waals surface area contributed by atoms with E-state index in [2.05, 4.69) is 4.98 Å². The van der Waals surface area contributed by atoms with E-state index >= 15 is 0 Å². The van der Waals surface area contributed by atoms with Crippen LogP contribution in [0, 0.1) is 0 Å². The number of nitrogens with two attached hydrogens (primary N) is 1. The molecule has 0 spiro atoms. The molecule has 0 saturated carbocycles. The summed E-state index contributed by atoms with van der Waals surface area (Å²) in [5, 5.41) is 0. The third-order valence-corrected chi connectivity index (χ3v) is 5.81. The fourth-order valence-electron chi connectivity index (χ4n) is 4.14. The molecule has 1 aromatic heterocycles. The van der Waals surface area contributed by atoms with Crippen molar-refractivity contribution in [1.29, 1.82) is 0 Å². The predicted octanol–water partition coefficient (Wildman–Crippen LogP) is 1.15. The first kappa shape index (κ1) is 19.4. The molecule has 31 heavy (non-hydrogen) atoms. The Labute approximate surface area is 175 Å². The van der Waals surface area contributed by atoms with E-state index < -0.39 is 12.5 Å². The summed E-state index contributed by atoms with van der Waals surface area (Å²) in [6.45, 7) is 1.18. The molecule has 5 rings (SSSR count). The van der Waals surface area contributed by atoms with Gasteiger partial charge in [0.05, 0.1) is 12.1 Å². The van der Waals surface area contributed by atoms with Crippen LogP contribution in [0.1, 0.15) is 6.42 Å². The molecule has 0 aliphatic carbocycles. The average Bonchev–Trinajstić information content (AvgIpc) is 3.27. The van der Waals surface area contributed by atoms with Crippen LogP contribution in [-0.4, -0.2) is 59.7 Å². The monoisotopic (exact) mass is 431 g/mol. The lowest BCUT2D eigenvalue weighted by molar-refractivity contribution is -0.120. The lowest BCUT2D eigenvalue weighted by atomic mass is 10.0. The van der Waals surface area contributed by atoms with Crippen molar-refractivity contribution in [2.45, 2.75) is 31.5 Å². The zero-order chi connectivity index (χ0) is 21.7. The van der Waals surface area contributed by atoms with Crippen LogP contribution in [0.15, 0.2) is 30.3 Å². The first-order valence-electron chi connectivity index (χ1n) is 9.83. The second kappa shape index (κ2) is 7.28. The molecule has 3 aliphatic rings. The first-order valence-corrected chi connectivity index (χ1v) is 9.83. The minimum absolute atomic E-state index is 0.185. The number of halogens is 2. The van der Waals surface area contributed by atoms with Gasteiger partial charge < -0.3 is 24.7 Å². The Kier molecular flexibility index (Phi) is 4.55. The fourth-order valence-corrected chi connectivity index (χ4v) is 4.14. The van der Waals surface area contributed by atoms with Gasteiger partial charge in [0.2, 0.25) is 5.91 Å². The van der Waals surface area contributed by atoms with E-state index in [4.69, 9.17) is 15.2 Å². The van der Waals surface area contributed by atoms with Crippen molar-refractivity contribution < 1.29 is 27.8 Å². The molecule has 2 fully saturated rings. The first-order chi connectivity index (χ1) is 15.0. The van der Waals surface area contributed by atoms with Gasteiger partial charge in [0.15, 0.2) is 11.8 Å². The summed E-state index contributed by atoms with van der Waals surface area (Å²) in [5.74, 6) is 2.17. The summed E-state index contributed by atoms with van der Waals surface area (Å²) >= 11 is 0. The number of amides is 1. The molecule has 2 aromatic rings. The highest BCUT2D eigenvalue weighted by atomic mass is 19.3. The van der Waals surface area contributed by atoms with Crippen molar-refractivity contribution in [3.8, 4) is 17.1 Å². The number of benzene rings is 1. The summed E-state index contributed by atoms with van der Waals surface area (Å²) in [6, 6.07) is 3.83. The van der Waals surface area contributed by atoms with Crippen LogP contribution in [0.2, 0.25) is 0 Å². The van der Waals surface area contributed by atoms with Crippen LogP contribution < -0.4 is 20.3 Å². The maximum Gasteiger partial charge on any atom is 0.284 e. The number of rotatable bonds is 4. The number of hydrogen-bond acceptors (Lipinski definition) is 7. The van der Waals surface area contributed by atoms with Crippen molar-refractivity contribution in [2.24, 2.45) is 5.73 Å². The lowest BCUT2D eigenvalue weighted by Gasteiger charge is -2.40. The van der Waals surface area contributed by atoms with Gasteiger partial charge in [-0.15, -0.1) is 0 Å². The Morgan fingerprint density at radius 2 is 2.13 bits per heavy atom. The quantitative estimate of drug-likeness (QED) is 0.725. The van der Waals surface area contributed by atoms with Gasteiger partial charge in [0.25, 0.3) is 12.3 Å². The maximum absolute atomic E-state index is 13.5. The highest BCUT2D eigenvalue weighted by Gasteiger charge is 2.40. The number of aromatic nitrogens is 2. The number of nitrogens with zero attached hydrogens (tertiary/aromatic N) is 4. The minimum atomic E-state index is -2.72. The number of carbonyl (C=O) groups excluding carboxylic acids is 2. The molecule has 2 N–H and O–H groups in total. The zero-order valence-electron chi connectivity index (χ0n) is 16.3. The number of anilines is 2. The topological polar surface area (TPSA) is 103 Å². The molecule has 4 heterocycles. The Balaban J connectivity index is 1.52. The van der Waals surface area contributed by atoms with Crippen molar-refractivity contribution in [3.63, 3.8) is 0 Å². The third kappa shape index (κ3) is 3.09. The van der Waals surface area contributed by atoms with E-state index in [0.29, 0.717) is 36.7 Å². The van der Waals surface area contributed by atoms with Crippen molar-refractivity contribution in [2.75, 3.05) is 29.6 Å². The van der Waals surface area contributed by atoms with Crippen LogP contribution >= 0.6 is 0 Å². The van der Waals surface area contributed by atoms with Gasteiger partial charge in [-0.3, -0.25) is 9.69 Å². The van der Waals surface area contributed by atoms with Gasteiger partial charge in [-0.25, -0.2) is 18.6 Å². The number of primary amides is 1. The second-order valence-corrected chi connectivity index (χ2v) is 7.54. The molecule has 0 unspecified atom stereocenters.